The smallest absolute Gasteiger partial charge is 0.0167 e. The highest BCUT2D eigenvalue weighted by atomic mass is 14.2. The van der Waals surface area contributed by atoms with Gasteiger partial charge in [-0.05, 0) is 18.3 Å². The maximum atomic E-state index is 3.90. The van der Waals surface area contributed by atoms with Crippen LogP contribution in [0, 0.1) is 11.8 Å². The first-order valence-electron chi connectivity index (χ1n) is 3.56. The van der Waals surface area contributed by atoms with Gasteiger partial charge in [-0.3, -0.25) is 0 Å². The molecule has 0 spiro atoms. The van der Waals surface area contributed by atoms with Gasteiger partial charge in [0, 0.05) is 0 Å². The summed E-state index contributed by atoms with van der Waals surface area (Å²) in [4.78, 5) is 0. The van der Waals surface area contributed by atoms with E-state index in [4.69, 9.17) is 0 Å². The molecule has 9 heavy (non-hydrogen) atoms. The van der Waals surface area contributed by atoms with Crippen LogP contribution in [0.2, 0.25) is 0 Å². The van der Waals surface area contributed by atoms with Crippen molar-refractivity contribution in [3.63, 3.8) is 0 Å². The number of allylic oxidation sites excluding steroid dienone is 3. The molecule has 0 saturated heterocycles. The van der Waals surface area contributed by atoms with Gasteiger partial charge in [-0.2, -0.15) is 0 Å². The average molecular weight is 122 g/mol. The van der Waals surface area contributed by atoms with Gasteiger partial charge in [-0.25, -0.2) is 0 Å². The van der Waals surface area contributed by atoms with E-state index in [-0.39, 0.29) is 0 Å². The monoisotopic (exact) mass is 122 g/mol. The van der Waals surface area contributed by atoms with Crippen molar-refractivity contribution in [3.8, 4) is 0 Å². The molecular weight excluding hydrogens is 108 g/mol. The van der Waals surface area contributed by atoms with E-state index in [1.807, 2.05) is 0 Å². The molecule has 1 unspecified atom stereocenters. The summed E-state index contributed by atoms with van der Waals surface area (Å²) in [5.74, 6) is 1.54. The summed E-state index contributed by atoms with van der Waals surface area (Å²) in [6.45, 7) is 8.42. The maximum Gasteiger partial charge on any atom is -0.0167 e. The fraction of sp³-hybridized carbons (Fsp3) is 0.556. The molecule has 1 rings (SSSR count). The molecule has 1 aliphatic carbocycles. The summed E-state index contributed by atoms with van der Waals surface area (Å²) in [6.07, 6.45) is 5.59. The van der Waals surface area contributed by atoms with Gasteiger partial charge in [-0.15, -0.1) is 0 Å². The van der Waals surface area contributed by atoms with Crippen molar-refractivity contribution in [1.29, 1.82) is 0 Å². The molecular formula is C9H14. The van der Waals surface area contributed by atoms with Gasteiger partial charge >= 0.3 is 0 Å². The molecule has 0 N–H and O–H groups in total. The van der Waals surface area contributed by atoms with Crippen molar-refractivity contribution in [2.75, 3.05) is 0 Å². The zero-order chi connectivity index (χ0) is 6.85. The Balaban J connectivity index is 2.50. The van der Waals surface area contributed by atoms with Gasteiger partial charge in [0.2, 0.25) is 0 Å². The van der Waals surface area contributed by atoms with E-state index in [0.717, 1.165) is 11.8 Å². The summed E-state index contributed by atoms with van der Waals surface area (Å²) < 4.78 is 0. The first-order valence-corrected chi connectivity index (χ1v) is 3.56. The zero-order valence-corrected chi connectivity index (χ0v) is 6.22. The Morgan fingerprint density at radius 1 is 1.67 bits per heavy atom. The Bertz CT molecular complexity index is 140. The van der Waals surface area contributed by atoms with Crippen LogP contribution in [0.25, 0.3) is 0 Å². The molecule has 1 atom stereocenters. The molecule has 0 aromatic rings. The van der Waals surface area contributed by atoms with Crippen LogP contribution in [0.3, 0.4) is 0 Å². The Morgan fingerprint density at radius 2 is 2.33 bits per heavy atom. The molecule has 0 aromatic carbocycles. The SMILES string of the molecule is C=C1C=CC(C(C)C)C1. The topological polar surface area (TPSA) is 0 Å². The van der Waals surface area contributed by atoms with E-state index in [9.17, 15) is 0 Å². The number of hydrogen-bond donors (Lipinski definition) is 0. The van der Waals surface area contributed by atoms with Crippen molar-refractivity contribution in [2.45, 2.75) is 20.3 Å². The third-order valence-corrected chi connectivity index (χ3v) is 1.93. The molecule has 0 fully saturated rings. The van der Waals surface area contributed by atoms with Crippen LogP contribution in [-0.2, 0) is 0 Å². The van der Waals surface area contributed by atoms with Crippen LogP contribution < -0.4 is 0 Å². The van der Waals surface area contributed by atoms with Gasteiger partial charge in [0.05, 0.1) is 0 Å². The minimum atomic E-state index is 0.762. The Morgan fingerprint density at radius 3 is 2.56 bits per heavy atom. The molecule has 0 saturated carbocycles. The standard InChI is InChI=1S/C9H14/c1-7(2)9-5-4-8(3)6-9/h4-5,7,9H,3,6H2,1-2H3. The van der Waals surface area contributed by atoms with Crippen LogP contribution >= 0.6 is 0 Å². The molecule has 0 aliphatic heterocycles. The second-order valence-corrected chi connectivity index (χ2v) is 3.13. The highest BCUT2D eigenvalue weighted by Crippen LogP contribution is 2.27. The highest BCUT2D eigenvalue weighted by molar-refractivity contribution is 5.23. The molecule has 0 heterocycles. The lowest BCUT2D eigenvalue weighted by molar-refractivity contribution is 0.477. The molecule has 0 nitrogen and oxygen atoms in total. The van der Waals surface area contributed by atoms with E-state index < -0.39 is 0 Å². The van der Waals surface area contributed by atoms with E-state index in [1.54, 1.807) is 0 Å². The fourth-order valence-electron chi connectivity index (χ4n) is 1.16. The van der Waals surface area contributed by atoms with Gasteiger partial charge in [0.25, 0.3) is 0 Å². The first kappa shape index (κ1) is 6.60. The molecule has 0 bridgehead atoms. The highest BCUT2D eigenvalue weighted by Gasteiger charge is 2.14. The van der Waals surface area contributed by atoms with Crippen molar-refractivity contribution >= 4 is 0 Å². The largest absolute Gasteiger partial charge is 0.0958 e. The summed E-state index contributed by atoms with van der Waals surface area (Å²) >= 11 is 0. The van der Waals surface area contributed by atoms with Crippen molar-refractivity contribution in [3.05, 3.63) is 24.3 Å². The van der Waals surface area contributed by atoms with Crippen molar-refractivity contribution in [2.24, 2.45) is 11.8 Å². The van der Waals surface area contributed by atoms with Crippen molar-refractivity contribution in [1.82, 2.24) is 0 Å². The number of hydrogen-bond acceptors (Lipinski definition) is 0. The van der Waals surface area contributed by atoms with Crippen LogP contribution in [0.5, 0.6) is 0 Å². The zero-order valence-electron chi connectivity index (χ0n) is 6.22. The lowest BCUT2D eigenvalue weighted by Crippen LogP contribution is -2.00. The minimum Gasteiger partial charge on any atom is -0.0958 e. The number of rotatable bonds is 1. The Hall–Kier alpha value is -0.520. The molecule has 50 valence electrons. The second kappa shape index (κ2) is 2.38. The Kier molecular flexibility index (Phi) is 1.75. The average Bonchev–Trinajstić information content (AvgIpc) is 2.14. The maximum absolute atomic E-state index is 3.90. The molecule has 1 aliphatic rings. The summed E-state index contributed by atoms with van der Waals surface area (Å²) in [5, 5.41) is 0. The lowest BCUT2D eigenvalue weighted by Gasteiger charge is -2.10. The second-order valence-electron chi connectivity index (χ2n) is 3.13. The van der Waals surface area contributed by atoms with Crippen LogP contribution in [0.4, 0.5) is 0 Å². The molecule has 0 aromatic heterocycles. The fourth-order valence-corrected chi connectivity index (χ4v) is 1.16. The summed E-state index contributed by atoms with van der Waals surface area (Å²) in [5.41, 5.74) is 1.29. The molecule has 0 heteroatoms. The van der Waals surface area contributed by atoms with Crippen molar-refractivity contribution < 1.29 is 0 Å². The predicted octanol–water partition coefficient (Wildman–Crippen LogP) is 2.77. The predicted molar refractivity (Wildman–Crippen MR) is 41.2 cm³/mol. The third-order valence-electron chi connectivity index (χ3n) is 1.93. The molecule has 0 radical (unpaired) electrons. The normalized spacial score (nSPS) is 26.1. The summed E-state index contributed by atoms with van der Waals surface area (Å²) in [7, 11) is 0. The van der Waals surface area contributed by atoms with Gasteiger partial charge < -0.3 is 0 Å². The van der Waals surface area contributed by atoms with E-state index >= 15 is 0 Å². The third kappa shape index (κ3) is 1.44. The minimum absolute atomic E-state index is 0.762. The summed E-state index contributed by atoms with van der Waals surface area (Å²) in [6, 6.07) is 0. The quantitative estimate of drug-likeness (QED) is 0.501. The van der Waals surface area contributed by atoms with E-state index in [2.05, 4.69) is 32.6 Å². The van der Waals surface area contributed by atoms with Crippen LogP contribution in [0.15, 0.2) is 24.3 Å². The lowest BCUT2D eigenvalue weighted by atomic mass is 9.95. The Labute approximate surface area is 57.3 Å². The van der Waals surface area contributed by atoms with Gasteiger partial charge in [0.1, 0.15) is 0 Å². The van der Waals surface area contributed by atoms with Gasteiger partial charge in [-0.1, -0.05) is 38.2 Å². The molecule has 0 amide bonds. The van der Waals surface area contributed by atoms with Crippen LogP contribution in [0.1, 0.15) is 20.3 Å². The van der Waals surface area contributed by atoms with Crippen LogP contribution in [-0.4, -0.2) is 0 Å². The van der Waals surface area contributed by atoms with E-state index in [1.165, 1.54) is 12.0 Å². The van der Waals surface area contributed by atoms with E-state index in [0.29, 0.717) is 0 Å². The van der Waals surface area contributed by atoms with Gasteiger partial charge in [0.15, 0.2) is 0 Å². The first-order chi connectivity index (χ1) is 4.20.